The second kappa shape index (κ2) is 9.52. The van der Waals surface area contributed by atoms with Gasteiger partial charge in [-0.15, -0.1) is 11.8 Å². The number of hydrogen-bond acceptors (Lipinski definition) is 8. The van der Waals surface area contributed by atoms with Gasteiger partial charge in [0.15, 0.2) is 0 Å². The van der Waals surface area contributed by atoms with Crippen molar-refractivity contribution in [2.24, 2.45) is 5.73 Å². The van der Waals surface area contributed by atoms with E-state index in [1.54, 1.807) is 6.26 Å². The number of thioether (sulfide) groups is 1. The van der Waals surface area contributed by atoms with E-state index >= 15 is 0 Å². The van der Waals surface area contributed by atoms with Crippen LogP contribution in [0.2, 0.25) is 0 Å². The lowest BCUT2D eigenvalue weighted by atomic mass is 9.93. The molecule has 9 nitrogen and oxygen atoms in total. The zero-order valence-electron chi connectivity index (χ0n) is 16.0. The number of nitrogens with two attached hydrogens (primary N) is 2. The molecule has 0 saturated carbocycles. The zero-order valence-corrected chi connectivity index (χ0v) is 16.8. The van der Waals surface area contributed by atoms with Crippen molar-refractivity contribution >= 4 is 35.3 Å². The Morgan fingerprint density at radius 1 is 1.35 bits per heavy atom. The van der Waals surface area contributed by atoms with Crippen molar-refractivity contribution in [1.82, 2.24) is 9.97 Å². The molecule has 0 radical (unpaired) electrons. The number of hydrogen-bond donors (Lipinski definition) is 4. The summed E-state index contributed by atoms with van der Waals surface area (Å²) in [6.45, 7) is 0. The summed E-state index contributed by atoms with van der Waals surface area (Å²) in [6, 6.07) is 4.45. The number of carboxylic acid groups (broad SMARTS) is 1. The minimum absolute atomic E-state index is 0.0877. The molecule has 2 atom stereocenters. The molecular formula is C18H17F3N6O3S. The summed E-state index contributed by atoms with van der Waals surface area (Å²) in [7, 11) is 0. The Kier molecular flexibility index (Phi) is 7.29. The van der Waals surface area contributed by atoms with Crippen LogP contribution in [-0.2, 0) is 15.8 Å². The predicted molar refractivity (Wildman–Crippen MR) is 106 cm³/mol. The van der Waals surface area contributed by atoms with Crippen molar-refractivity contribution in [1.29, 1.82) is 5.26 Å². The van der Waals surface area contributed by atoms with Crippen LogP contribution in [0.3, 0.4) is 0 Å². The van der Waals surface area contributed by atoms with E-state index in [0.29, 0.717) is 0 Å². The second-order valence-electron chi connectivity index (χ2n) is 6.27. The maximum absolute atomic E-state index is 12.9. The van der Waals surface area contributed by atoms with Gasteiger partial charge in [-0.05, 0) is 30.9 Å². The van der Waals surface area contributed by atoms with Crippen molar-refractivity contribution in [2.75, 3.05) is 17.3 Å². The fourth-order valence-electron chi connectivity index (χ4n) is 2.78. The van der Waals surface area contributed by atoms with Crippen molar-refractivity contribution in [3.05, 3.63) is 41.1 Å². The SMILES string of the molecule is CSc1nc(N)nc(C(C[C@H](Nc2cccc(C(F)(F)F)c2)C(N)=O)C(=O)O)c1C#N. The number of anilines is 2. The highest BCUT2D eigenvalue weighted by molar-refractivity contribution is 7.98. The molecule has 0 spiro atoms. The van der Waals surface area contributed by atoms with E-state index < -0.39 is 42.0 Å². The molecule has 2 aromatic rings. The van der Waals surface area contributed by atoms with E-state index in [9.17, 15) is 33.1 Å². The smallest absolute Gasteiger partial charge is 0.416 e. The number of nitrogens with zero attached hydrogens (tertiary/aromatic N) is 3. The number of alkyl halides is 3. The Morgan fingerprint density at radius 2 is 2.03 bits per heavy atom. The molecule has 1 aromatic heterocycles. The van der Waals surface area contributed by atoms with E-state index in [-0.39, 0.29) is 27.9 Å². The van der Waals surface area contributed by atoms with Gasteiger partial charge in [0.1, 0.15) is 28.6 Å². The van der Waals surface area contributed by atoms with Crippen LogP contribution in [-0.4, -0.2) is 39.2 Å². The van der Waals surface area contributed by atoms with Gasteiger partial charge in [-0.2, -0.15) is 18.4 Å². The molecule has 1 heterocycles. The van der Waals surface area contributed by atoms with Gasteiger partial charge in [0, 0.05) is 5.69 Å². The molecule has 31 heavy (non-hydrogen) atoms. The fraction of sp³-hybridized carbons (Fsp3) is 0.278. The molecule has 1 aromatic carbocycles. The van der Waals surface area contributed by atoms with E-state index in [2.05, 4.69) is 15.3 Å². The molecule has 0 aliphatic carbocycles. The van der Waals surface area contributed by atoms with Crippen LogP contribution < -0.4 is 16.8 Å². The van der Waals surface area contributed by atoms with Crippen LogP contribution in [0.25, 0.3) is 0 Å². The number of primary amides is 1. The Labute approximate surface area is 178 Å². The van der Waals surface area contributed by atoms with Crippen LogP contribution in [0, 0.1) is 11.3 Å². The summed E-state index contributed by atoms with van der Waals surface area (Å²) in [5.74, 6) is -4.22. The second-order valence-corrected chi connectivity index (χ2v) is 7.06. The van der Waals surface area contributed by atoms with Gasteiger partial charge in [-0.25, -0.2) is 9.97 Å². The largest absolute Gasteiger partial charge is 0.481 e. The van der Waals surface area contributed by atoms with Crippen LogP contribution in [0.1, 0.15) is 29.2 Å². The first-order valence-corrected chi connectivity index (χ1v) is 9.77. The number of aliphatic carboxylic acids is 1. The van der Waals surface area contributed by atoms with E-state index in [4.69, 9.17) is 11.5 Å². The lowest BCUT2D eigenvalue weighted by Crippen LogP contribution is -2.38. The predicted octanol–water partition coefficient (Wildman–Crippen LogP) is 2.20. The van der Waals surface area contributed by atoms with Gasteiger partial charge < -0.3 is 21.9 Å². The first-order chi connectivity index (χ1) is 14.5. The molecule has 1 unspecified atom stereocenters. The maximum Gasteiger partial charge on any atom is 0.416 e. The molecule has 13 heteroatoms. The topological polar surface area (TPSA) is 168 Å². The minimum Gasteiger partial charge on any atom is -0.481 e. The quantitative estimate of drug-likeness (QED) is 0.345. The van der Waals surface area contributed by atoms with E-state index in [1.165, 1.54) is 6.07 Å². The van der Waals surface area contributed by atoms with Crippen LogP contribution in [0.5, 0.6) is 0 Å². The third-order valence-electron chi connectivity index (χ3n) is 4.20. The van der Waals surface area contributed by atoms with Gasteiger partial charge >= 0.3 is 12.1 Å². The van der Waals surface area contributed by atoms with Gasteiger partial charge in [0.25, 0.3) is 0 Å². The molecular weight excluding hydrogens is 437 g/mol. The molecule has 0 aliphatic rings. The van der Waals surface area contributed by atoms with Crippen LogP contribution in [0.15, 0.2) is 29.3 Å². The van der Waals surface area contributed by atoms with E-state index in [1.807, 2.05) is 6.07 Å². The highest BCUT2D eigenvalue weighted by Crippen LogP contribution is 2.32. The first-order valence-electron chi connectivity index (χ1n) is 8.55. The van der Waals surface area contributed by atoms with Crippen molar-refractivity contribution in [2.45, 2.75) is 29.6 Å². The normalized spacial score (nSPS) is 13.1. The van der Waals surface area contributed by atoms with Crippen LogP contribution >= 0.6 is 11.8 Å². The number of carbonyl (C=O) groups is 2. The standard InChI is InChI=1S/C18H17F3N6O3S/c1-31-15-11(7-22)13(26-17(24)27-15)10(16(29)30)6-12(14(23)28)25-9-4-2-3-8(5-9)18(19,20)21/h2-5,10,12,25H,6H2,1H3,(H2,23,28)(H,29,30)(H2,24,26,27)/t10?,12-/m0/s1. The third kappa shape index (κ3) is 5.76. The zero-order chi connectivity index (χ0) is 23.3. The number of nitrogens with one attached hydrogen (secondary N) is 1. The third-order valence-corrected chi connectivity index (χ3v) is 4.88. The summed E-state index contributed by atoms with van der Waals surface area (Å²) < 4.78 is 38.8. The molecule has 0 fully saturated rings. The summed E-state index contributed by atoms with van der Waals surface area (Å²) in [4.78, 5) is 31.6. The molecule has 2 rings (SSSR count). The number of carbonyl (C=O) groups excluding carboxylic acids is 1. The Hall–Kier alpha value is -3.53. The highest BCUT2D eigenvalue weighted by Gasteiger charge is 2.33. The molecule has 6 N–H and O–H groups in total. The molecule has 164 valence electrons. The highest BCUT2D eigenvalue weighted by atomic mass is 32.2. The fourth-order valence-corrected chi connectivity index (χ4v) is 3.32. The number of carboxylic acids is 1. The number of aromatic nitrogens is 2. The Morgan fingerprint density at radius 3 is 2.55 bits per heavy atom. The average molecular weight is 454 g/mol. The van der Waals surface area contributed by atoms with Gasteiger partial charge in [-0.3, -0.25) is 9.59 Å². The summed E-state index contributed by atoms with van der Waals surface area (Å²) in [5.41, 5.74) is 9.57. The van der Waals surface area contributed by atoms with Gasteiger partial charge in [-0.1, -0.05) is 6.07 Å². The van der Waals surface area contributed by atoms with Crippen molar-refractivity contribution in [3.63, 3.8) is 0 Å². The number of benzene rings is 1. The number of nitrogen functional groups attached to an aromatic ring is 1. The minimum atomic E-state index is -4.61. The molecule has 0 aliphatic heterocycles. The summed E-state index contributed by atoms with van der Waals surface area (Å²) in [6.07, 6.45) is -3.51. The number of nitriles is 1. The Balaban J connectivity index is 2.43. The number of amides is 1. The van der Waals surface area contributed by atoms with Crippen molar-refractivity contribution in [3.8, 4) is 6.07 Å². The monoisotopic (exact) mass is 454 g/mol. The molecule has 1 amide bonds. The number of halogens is 3. The number of rotatable bonds is 8. The van der Waals surface area contributed by atoms with Gasteiger partial charge in [0.05, 0.1) is 11.3 Å². The first kappa shape index (κ1) is 23.7. The van der Waals surface area contributed by atoms with Crippen molar-refractivity contribution < 1.29 is 27.9 Å². The lowest BCUT2D eigenvalue weighted by Gasteiger charge is -2.22. The lowest BCUT2D eigenvalue weighted by molar-refractivity contribution is -0.139. The summed E-state index contributed by atoms with van der Waals surface area (Å²) >= 11 is 1.05. The van der Waals surface area contributed by atoms with Gasteiger partial charge in [0.2, 0.25) is 11.9 Å². The Bertz CT molecular complexity index is 1040. The molecule has 0 saturated heterocycles. The van der Waals surface area contributed by atoms with Crippen LogP contribution in [0.4, 0.5) is 24.8 Å². The van der Waals surface area contributed by atoms with E-state index in [0.717, 1.165) is 30.0 Å². The average Bonchev–Trinajstić information content (AvgIpc) is 2.69. The molecule has 0 bridgehead atoms. The maximum atomic E-state index is 12.9. The summed E-state index contributed by atoms with van der Waals surface area (Å²) in [5, 5.41) is 21.8.